The van der Waals surface area contributed by atoms with Gasteiger partial charge in [-0.3, -0.25) is 24.1 Å². The fraction of sp³-hybridized carbons (Fsp3) is 0.385. The Hall–Kier alpha value is -2.83. The third-order valence-electron chi connectivity index (χ3n) is 7.67. The van der Waals surface area contributed by atoms with Crippen molar-refractivity contribution in [2.75, 3.05) is 0 Å². The lowest BCUT2D eigenvalue weighted by Gasteiger charge is -2.33. The first-order chi connectivity index (χ1) is 15.9. The molecule has 2 saturated heterocycles. The van der Waals surface area contributed by atoms with Crippen molar-refractivity contribution < 1.29 is 23.9 Å². The van der Waals surface area contributed by atoms with Gasteiger partial charge in [-0.15, -0.1) is 0 Å². The average Bonchev–Trinajstić information content (AvgIpc) is 3.40. The maximum Gasteiger partial charge on any atom is 0.237 e. The van der Waals surface area contributed by atoms with Crippen LogP contribution in [0.2, 0.25) is 5.02 Å². The van der Waals surface area contributed by atoms with Crippen molar-refractivity contribution in [3.05, 3.63) is 70.2 Å². The van der Waals surface area contributed by atoms with E-state index in [-0.39, 0.29) is 23.1 Å². The van der Waals surface area contributed by atoms with E-state index in [1.807, 2.05) is 0 Å². The molecule has 0 bridgehead atoms. The van der Waals surface area contributed by atoms with Crippen LogP contribution < -0.4 is 0 Å². The molecule has 6 nitrogen and oxygen atoms in total. The molecule has 2 aromatic carbocycles. The minimum atomic E-state index is -2.02. The summed E-state index contributed by atoms with van der Waals surface area (Å²) in [5.74, 6) is -4.00. The molecule has 6 rings (SSSR count). The van der Waals surface area contributed by atoms with Crippen molar-refractivity contribution in [3.8, 4) is 0 Å². The van der Waals surface area contributed by atoms with Crippen molar-refractivity contribution in [2.45, 2.75) is 49.9 Å². The number of likely N-dealkylation sites (tertiary alicyclic amines) is 1. The molecule has 168 valence electrons. The minimum absolute atomic E-state index is 0.199. The normalized spacial score (nSPS) is 28.6. The van der Waals surface area contributed by atoms with Gasteiger partial charge in [-0.1, -0.05) is 67.3 Å². The quantitative estimate of drug-likeness (QED) is 0.493. The Bertz CT molecular complexity index is 1180. The van der Waals surface area contributed by atoms with Crippen LogP contribution in [0.1, 0.15) is 64.5 Å². The van der Waals surface area contributed by atoms with Crippen LogP contribution in [0.25, 0.3) is 0 Å². The Balaban J connectivity index is 1.51. The van der Waals surface area contributed by atoms with Crippen LogP contribution >= 0.6 is 11.6 Å². The van der Waals surface area contributed by atoms with E-state index < -0.39 is 41.0 Å². The highest BCUT2D eigenvalue weighted by Crippen LogP contribution is 2.58. The number of benzene rings is 2. The summed E-state index contributed by atoms with van der Waals surface area (Å²) in [6, 6.07) is 13.2. The Morgan fingerprint density at radius 3 is 2.15 bits per heavy atom. The molecule has 1 saturated carbocycles. The molecule has 2 aromatic rings. The van der Waals surface area contributed by atoms with Crippen LogP contribution in [0, 0.1) is 11.8 Å². The topological polar surface area (TPSA) is 80.8 Å². The van der Waals surface area contributed by atoms with Crippen molar-refractivity contribution in [1.82, 2.24) is 4.90 Å². The van der Waals surface area contributed by atoms with Crippen molar-refractivity contribution in [2.24, 2.45) is 11.8 Å². The van der Waals surface area contributed by atoms with Gasteiger partial charge in [-0.05, 0) is 30.5 Å². The Labute approximate surface area is 195 Å². The van der Waals surface area contributed by atoms with Gasteiger partial charge in [0.1, 0.15) is 0 Å². The number of rotatable bonds is 2. The van der Waals surface area contributed by atoms with E-state index in [1.165, 1.54) is 4.90 Å². The largest absolute Gasteiger partial charge is 0.349 e. The molecule has 33 heavy (non-hydrogen) atoms. The van der Waals surface area contributed by atoms with Gasteiger partial charge in [0.2, 0.25) is 29.0 Å². The number of fused-ring (bicyclic) bond motifs is 3. The molecule has 0 aromatic heterocycles. The van der Waals surface area contributed by atoms with E-state index in [9.17, 15) is 19.2 Å². The lowest BCUT2D eigenvalue weighted by atomic mass is 9.77. The average molecular weight is 464 g/mol. The minimum Gasteiger partial charge on any atom is -0.349 e. The van der Waals surface area contributed by atoms with Gasteiger partial charge >= 0.3 is 0 Å². The van der Waals surface area contributed by atoms with Gasteiger partial charge in [0, 0.05) is 22.2 Å². The summed E-state index contributed by atoms with van der Waals surface area (Å²) in [7, 11) is 0. The third kappa shape index (κ3) is 2.71. The number of halogens is 1. The summed E-state index contributed by atoms with van der Waals surface area (Å²) in [5.41, 5.74) is -0.955. The Morgan fingerprint density at radius 2 is 1.52 bits per heavy atom. The maximum absolute atomic E-state index is 13.8. The van der Waals surface area contributed by atoms with E-state index in [0.29, 0.717) is 10.6 Å². The molecule has 2 aliphatic heterocycles. The van der Waals surface area contributed by atoms with E-state index >= 15 is 0 Å². The predicted molar refractivity (Wildman–Crippen MR) is 119 cm³/mol. The molecular weight excluding hydrogens is 442 g/mol. The first-order valence-electron chi connectivity index (χ1n) is 11.4. The molecule has 3 fully saturated rings. The molecule has 2 aliphatic carbocycles. The highest BCUT2D eigenvalue weighted by Gasteiger charge is 2.75. The second kappa shape index (κ2) is 7.34. The second-order valence-corrected chi connectivity index (χ2v) is 9.81. The van der Waals surface area contributed by atoms with E-state index in [2.05, 4.69) is 0 Å². The molecular formula is C26H22ClNO5. The van der Waals surface area contributed by atoms with Crippen molar-refractivity contribution >= 4 is 35.0 Å². The number of Topliss-reactive ketones (excluding diaryl/α,β-unsaturated/α-hetero) is 2. The smallest absolute Gasteiger partial charge is 0.237 e. The van der Waals surface area contributed by atoms with E-state index in [1.54, 1.807) is 48.5 Å². The van der Waals surface area contributed by atoms with Crippen molar-refractivity contribution in [1.29, 1.82) is 0 Å². The number of nitrogens with zero attached hydrogens (tertiary/aromatic N) is 1. The van der Waals surface area contributed by atoms with Crippen LogP contribution in [-0.4, -0.2) is 39.9 Å². The van der Waals surface area contributed by atoms with Gasteiger partial charge in [-0.2, -0.15) is 0 Å². The van der Waals surface area contributed by atoms with Gasteiger partial charge in [0.15, 0.2) is 0 Å². The number of hydrogen-bond donors (Lipinski definition) is 0. The first kappa shape index (κ1) is 20.8. The van der Waals surface area contributed by atoms with Crippen LogP contribution in [0.4, 0.5) is 0 Å². The number of imide groups is 1. The Kier molecular flexibility index (Phi) is 4.61. The molecule has 7 heteroatoms. The second-order valence-electron chi connectivity index (χ2n) is 9.37. The molecule has 3 atom stereocenters. The lowest BCUT2D eigenvalue weighted by molar-refractivity contribution is -0.148. The zero-order valence-electron chi connectivity index (χ0n) is 17.8. The van der Waals surface area contributed by atoms with Gasteiger partial charge < -0.3 is 4.74 Å². The molecule has 0 radical (unpaired) electrons. The van der Waals surface area contributed by atoms with Crippen molar-refractivity contribution in [3.63, 3.8) is 0 Å². The predicted octanol–water partition coefficient (Wildman–Crippen LogP) is 4.16. The van der Waals surface area contributed by atoms with Crippen LogP contribution in [0.15, 0.2) is 48.5 Å². The van der Waals surface area contributed by atoms with E-state index in [4.69, 9.17) is 16.3 Å². The summed E-state index contributed by atoms with van der Waals surface area (Å²) < 4.78 is 6.28. The number of carbonyl (C=O) groups is 4. The van der Waals surface area contributed by atoms with E-state index in [0.717, 1.165) is 32.1 Å². The number of hydrogen-bond acceptors (Lipinski definition) is 5. The summed E-state index contributed by atoms with van der Waals surface area (Å²) in [6.07, 6.45) is 3.54. The SMILES string of the molecule is O=C1[C@H]2[C@H](c3cccc(Cl)c3)OC3(C(=O)c4ccccc4C3=O)[C@H]2C(=O)N1C1CCCCC1. The lowest BCUT2D eigenvalue weighted by Crippen LogP contribution is -2.52. The summed E-state index contributed by atoms with van der Waals surface area (Å²) in [5, 5.41) is 0.446. The van der Waals surface area contributed by atoms with Crippen LogP contribution in [0.5, 0.6) is 0 Å². The molecule has 2 amide bonds. The number of ether oxygens (including phenoxy) is 1. The molecule has 1 spiro atoms. The van der Waals surface area contributed by atoms with Crippen LogP contribution in [-0.2, 0) is 14.3 Å². The first-order valence-corrected chi connectivity index (χ1v) is 11.8. The highest BCUT2D eigenvalue weighted by molar-refractivity contribution is 6.35. The van der Waals surface area contributed by atoms with Gasteiger partial charge in [-0.25, -0.2) is 0 Å². The highest BCUT2D eigenvalue weighted by atomic mass is 35.5. The monoisotopic (exact) mass is 463 g/mol. The summed E-state index contributed by atoms with van der Waals surface area (Å²) in [4.78, 5) is 56.3. The van der Waals surface area contributed by atoms with Gasteiger partial charge in [0.05, 0.1) is 17.9 Å². The standard InChI is InChI=1S/C26H22ClNO5/c27-15-8-6-7-14(13-15)21-19-20(25(32)28(24(19)31)16-9-2-1-3-10-16)26(33-21)22(29)17-11-4-5-12-18(17)23(26)30/h4-8,11-13,16,19-21H,1-3,9-10H2/t19-,20-,21+/m1/s1. The number of ketones is 2. The molecule has 4 aliphatic rings. The zero-order chi connectivity index (χ0) is 22.9. The summed E-state index contributed by atoms with van der Waals surface area (Å²) in [6.45, 7) is 0. The fourth-order valence-electron chi connectivity index (χ4n) is 6.22. The molecule has 0 N–H and O–H groups in total. The third-order valence-corrected chi connectivity index (χ3v) is 7.91. The molecule has 0 unspecified atom stereocenters. The number of carbonyl (C=O) groups excluding carboxylic acids is 4. The van der Waals surface area contributed by atoms with Crippen LogP contribution in [0.3, 0.4) is 0 Å². The van der Waals surface area contributed by atoms with Gasteiger partial charge in [0.25, 0.3) is 0 Å². The zero-order valence-corrected chi connectivity index (χ0v) is 18.6. The molecule has 2 heterocycles. The fourth-order valence-corrected chi connectivity index (χ4v) is 6.42. The number of amides is 2. The Morgan fingerprint density at radius 1 is 0.848 bits per heavy atom. The summed E-state index contributed by atoms with van der Waals surface area (Å²) >= 11 is 6.21. The maximum atomic E-state index is 13.8.